The smallest absolute Gasteiger partial charge is 0.0847 e. The Kier molecular flexibility index (Phi) is 5.50. The first-order valence-electron chi connectivity index (χ1n) is 8.04. The van der Waals surface area contributed by atoms with Crippen molar-refractivity contribution in [3.63, 3.8) is 0 Å². The molecule has 2 N–H and O–H groups in total. The van der Waals surface area contributed by atoms with Crippen molar-refractivity contribution < 1.29 is 0 Å². The zero-order chi connectivity index (χ0) is 14.6. The van der Waals surface area contributed by atoms with E-state index in [1.165, 1.54) is 50.6 Å². The second-order valence-electron chi connectivity index (χ2n) is 6.31. The van der Waals surface area contributed by atoms with Gasteiger partial charge < -0.3 is 5.73 Å². The molecule has 1 aliphatic rings. The Morgan fingerprint density at radius 2 is 1.80 bits per heavy atom. The Morgan fingerprint density at radius 3 is 2.35 bits per heavy atom. The number of hydrogen-bond donors (Lipinski definition) is 1. The van der Waals surface area contributed by atoms with Gasteiger partial charge in [-0.3, -0.25) is 4.68 Å². The van der Waals surface area contributed by atoms with Crippen LogP contribution in [-0.2, 0) is 13.0 Å². The third-order valence-electron chi connectivity index (χ3n) is 4.84. The maximum atomic E-state index is 6.48. The van der Waals surface area contributed by atoms with Gasteiger partial charge in [0.2, 0.25) is 0 Å². The number of nitrogens with zero attached hydrogens (tertiary/aromatic N) is 2. The van der Waals surface area contributed by atoms with Crippen LogP contribution in [0.1, 0.15) is 63.3 Å². The standard InChI is InChI=1S/C16H28ClN3/c1-3-20-14(15(17)13(2)19-20)11-16(12-18)9-7-5-4-6-8-10-16/h3-12,18H2,1-2H3. The third kappa shape index (κ3) is 3.37. The van der Waals surface area contributed by atoms with Gasteiger partial charge in [-0.2, -0.15) is 5.10 Å². The fraction of sp³-hybridized carbons (Fsp3) is 0.812. The van der Waals surface area contributed by atoms with Crippen LogP contribution in [0.2, 0.25) is 5.02 Å². The lowest BCUT2D eigenvalue weighted by Gasteiger charge is -2.34. The molecular weight excluding hydrogens is 270 g/mol. The van der Waals surface area contributed by atoms with Gasteiger partial charge in [0.15, 0.2) is 0 Å². The van der Waals surface area contributed by atoms with Gasteiger partial charge >= 0.3 is 0 Å². The minimum absolute atomic E-state index is 0.226. The van der Waals surface area contributed by atoms with Crippen LogP contribution in [0.4, 0.5) is 0 Å². The highest BCUT2D eigenvalue weighted by Crippen LogP contribution is 2.38. The lowest BCUT2D eigenvalue weighted by molar-refractivity contribution is 0.212. The quantitative estimate of drug-likeness (QED) is 0.909. The van der Waals surface area contributed by atoms with E-state index in [4.69, 9.17) is 17.3 Å². The molecule has 0 atom stereocenters. The van der Waals surface area contributed by atoms with Crippen molar-refractivity contribution in [2.75, 3.05) is 6.54 Å². The predicted octanol–water partition coefficient (Wildman–Crippen LogP) is 4.10. The van der Waals surface area contributed by atoms with E-state index in [0.717, 1.165) is 30.2 Å². The summed E-state index contributed by atoms with van der Waals surface area (Å²) in [4.78, 5) is 0. The van der Waals surface area contributed by atoms with Crippen molar-refractivity contribution in [3.05, 3.63) is 16.4 Å². The van der Waals surface area contributed by atoms with Crippen LogP contribution in [0.3, 0.4) is 0 Å². The van der Waals surface area contributed by atoms with Gasteiger partial charge in [-0.05, 0) is 45.1 Å². The Hall–Kier alpha value is -0.540. The van der Waals surface area contributed by atoms with E-state index in [1.54, 1.807) is 0 Å². The van der Waals surface area contributed by atoms with Crippen LogP contribution in [0, 0.1) is 12.3 Å². The Balaban J connectivity index is 2.23. The van der Waals surface area contributed by atoms with Crippen molar-refractivity contribution in [3.8, 4) is 0 Å². The predicted molar refractivity (Wildman–Crippen MR) is 85.2 cm³/mol. The van der Waals surface area contributed by atoms with Crippen LogP contribution in [0.15, 0.2) is 0 Å². The topological polar surface area (TPSA) is 43.8 Å². The van der Waals surface area contributed by atoms with Gasteiger partial charge in [0.25, 0.3) is 0 Å². The van der Waals surface area contributed by atoms with Crippen molar-refractivity contribution >= 4 is 11.6 Å². The summed E-state index contributed by atoms with van der Waals surface area (Å²) in [5, 5.41) is 5.39. The first-order valence-corrected chi connectivity index (χ1v) is 8.41. The second kappa shape index (κ2) is 6.95. The van der Waals surface area contributed by atoms with Gasteiger partial charge in [0.1, 0.15) is 0 Å². The van der Waals surface area contributed by atoms with E-state index in [2.05, 4.69) is 16.7 Å². The van der Waals surface area contributed by atoms with Crippen LogP contribution >= 0.6 is 11.6 Å². The van der Waals surface area contributed by atoms with Crippen LogP contribution in [-0.4, -0.2) is 16.3 Å². The molecule has 1 heterocycles. The summed E-state index contributed by atoms with van der Waals surface area (Å²) < 4.78 is 2.06. The first kappa shape index (κ1) is 15.8. The summed E-state index contributed by atoms with van der Waals surface area (Å²) in [7, 11) is 0. The molecule has 0 saturated heterocycles. The Labute approximate surface area is 127 Å². The number of nitrogens with two attached hydrogens (primary N) is 1. The molecule has 0 unspecified atom stereocenters. The highest BCUT2D eigenvalue weighted by molar-refractivity contribution is 6.31. The van der Waals surface area contributed by atoms with E-state index < -0.39 is 0 Å². The molecule has 0 spiro atoms. The molecule has 0 radical (unpaired) electrons. The summed E-state index contributed by atoms with van der Waals surface area (Å²) in [6.45, 7) is 5.76. The molecule has 1 aromatic rings. The summed E-state index contributed by atoms with van der Waals surface area (Å²) in [6.07, 6.45) is 10.1. The highest BCUT2D eigenvalue weighted by Gasteiger charge is 2.31. The second-order valence-corrected chi connectivity index (χ2v) is 6.69. The van der Waals surface area contributed by atoms with E-state index in [0.29, 0.717) is 0 Å². The van der Waals surface area contributed by atoms with Crippen molar-refractivity contribution in [1.82, 2.24) is 9.78 Å². The molecule has 1 aliphatic carbocycles. The zero-order valence-electron chi connectivity index (χ0n) is 12.9. The molecule has 0 aliphatic heterocycles. The number of halogens is 1. The third-order valence-corrected chi connectivity index (χ3v) is 5.33. The summed E-state index contributed by atoms with van der Waals surface area (Å²) in [5.74, 6) is 0. The molecular formula is C16H28ClN3. The van der Waals surface area contributed by atoms with Crippen LogP contribution < -0.4 is 5.73 Å². The molecule has 20 heavy (non-hydrogen) atoms. The van der Waals surface area contributed by atoms with Crippen molar-refractivity contribution in [2.45, 2.75) is 71.8 Å². The fourth-order valence-corrected chi connectivity index (χ4v) is 3.70. The monoisotopic (exact) mass is 297 g/mol. The SMILES string of the molecule is CCn1nc(C)c(Cl)c1CC1(CN)CCCCCCC1. The molecule has 114 valence electrons. The molecule has 4 heteroatoms. The minimum Gasteiger partial charge on any atom is -0.330 e. The van der Waals surface area contributed by atoms with Gasteiger partial charge in [0.05, 0.1) is 16.4 Å². The van der Waals surface area contributed by atoms with Gasteiger partial charge in [-0.15, -0.1) is 0 Å². The largest absolute Gasteiger partial charge is 0.330 e. The molecule has 0 aromatic carbocycles. The average molecular weight is 298 g/mol. The first-order chi connectivity index (χ1) is 9.62. The van der Waals surface area contributed by atoms with Gasteiger partial charge in [0, 0.05) is 6.54 Å². The average Bonchev–Trinajstić information content (AvgIpc) is 2.69. The summed E-state index contributed by atoms with van der Waals surface area (Å²) in [5.41, 5.74) is 8.55. The number of rotatable bonds is 4. The lowest BCUT2D eigenvalue weighted by atomic mass is 9.73. The van der Waals surface area contributed by atoms with E-state index in [-0.39, 0.29) is 5.41 Å². The minimum atomic E-state index is 0.226. The van der Waals surface area contributed by atoms with Crippen molar-refractivity contribution in [1.29, 1.82) is 0 Å². The molecule has 2 rings (SSSR count). The lowest BCUT2D eigenvalue weighted by Crippen LogP contribution is -2.34. The Bertz CT molecular complexity index is 431. The highest BCUT2D eigenvalue weighted by atomic mass is 35.5. The molecule has 0 bridgehead atoms. The van der Waals surface area contributed by atoms with Gasteiger partial charge in [-0.1, -0.05) is 43.7 Å². The zero-order valence-corrected chi connectivity index (χ0v) is 13.7. The summed E-state index contributed by atoms with van der Waals surface area (Å²) >= 11 is 6.48. The van der Waals surface area contributed by atoms with E-state index in [1.807, 2.05) is 6.92 Å². The number of hydrogen-bond acceptors (Lipinski definition) is 2. The number of aromatic nitrogens is 2. The van der Waals surface area contributed by atoms with E-state index in [9.17, 15) is 0 Å². The summed E-state index contributed by atoms with van der Waals surface area (Å²) in [6, 6.07) is 0. The van der Waals surface area contributed by atoms with Gasteiger partial charge in [-0.25, -0.2) is 0 Å². The number of aryl methyl sites for hydroxylation is 2. The van der Waals surface area contributed by atoms with Crippen LogP contribution in [0.25, 0.3) is 0 Å². The molecule has 0 amide bonds. The Morgan fingerprint density at radius 1 is 1.20 bits per heavy atom. The molecule has 1 fully saturated rings. The molecule has 1 aromatic heterocycles. The molecule has 1 saturated carbocycles. The van der Waals surface area contributed by atoms with E-state index >= 15 is 0 Å². The molecule has 3 nitrogen and oxygen atoms in total. The van der Waals surface area contributed by atoms with Crippen LogP contribution in [0.5, 0.6) is 0 Å². The maximum Gasteiger partial charge on any atom is 0.0847 e. The maximum absolute atomic E-state index is 6.48. The van der Waals surface area contributed by atoms with Crippen molar-refractivity contribution in [2.24, 2.45) is 11.1 Å². The normalized spacial score (nSPS) is 19.6. The fourth-order valence-electron chi connectivity index (χ4n) is 3.50.